The summed E-state index contributed by atoms with van der Waals surface area (Å²) in [6.07, 6.45) is 5.51. The van der Waals surface area contributed by atoms with Crippen LogP contribution in [0.25, 0.3) is 0 Å². The number of anilines is 1. The molecule has 0 unspecified atom stereocenters. The molecule has 3 nitrogen and oxygen atoms in total. The predicted molar refractivity (Wildman–Crippen MR) is 88.9 cm³/mol. The molecule has 0 spiro atoms. The van der Waals surface area contributed by atoms with Gasteiger partial charge in [-0.05, 0) is 11.6 Å². The molecule has 0 radical (unpaired) electrons. The normalized spacial score (nSPS) is 10.5. The highest BCUT2D eigenvalue weighted by Crippen LogP contribution is 2.26. The topological polar surface area (TPSA) is 20.0 Å². The highest BCUT2D eigenvalue weighted by atomic mass is 35.5. The van der Waals surface area contributed by atoms with Crippen LogP contribution in [-0.2, 0) is 6.54 Å². The summed E-state index contributed by atoms with van der Waals surface area (Å²) in [5.41, 5.74) is 1.16. The van der Waals surface area contributed by atoms with Crippen molar-refractivity contribution < 1.29 is 4.68 Å². The number of halogens is 2. The van der Waals surface area contributed by atoms with Crippen molar-refractivity contribution in [3.63, 3.8) is 0 Å². The van der Waals surface area contributed by atoms with Gasteiger partial charge in [0.05, 0.1) is 10.0 Å². The summed E-state index contributed by atoms with van der Waals surface area (Å²) in [5, 5.41) is 3.03. The molecular weight excluding hydrogens is 317 g/mol. The second-order valence-electron chi connectivity index (χ2n) is 4.76. The van der Waals surface area contributed by atoms with Gasteiger partial charge >= 0.3 is 0 Å². The summed E-state index contributed by atoms with van der Waals surface area (Å²) >= 11 is 12.3. The predicted octanol–water partition coefficient (Wildman–Crippen LogP) is 4.15. The Labute approximate surface area is 139 Å². The van der Waals surface area contributed by atoms with Gasteiger partial charge in [0, 0.05) is 18.3 Å². The van der Waals surface area contributed by atoms with Crippen LogP contribution >= 0.6 is 23.2 Å². The van der Waals surface area contributed by atoms with E-state index in [1.165, 1.54) is 0 Å². The Bertz CT molecular complexity index is 748. The molecule has 2 heterocycles. The first-order valence-corrected chi connectivity index (χ1v) is 7.59. The van der Waals surface area contributed by atoms with Crippen molar-refractivity contribution in [1.29, 1.82) is 0 Å². The van der Waals surface area contributed by atoms with Crippen molar-refractivity contribution in [2.45, 2.75) is 6.54 Å². The van der Waals surface area contributed by atoms with Crippen molar-refractivity contribution in [2.75, 3.05) is 5.01 Å². The molecule has 0 amide bonds. The molecule has 0 aliphatic rings. The second kappa shape index (κ2) is 6.77. The van der Waals surface area contributed by atoms with E-state index < -0.39 is 0 Å². The van der Waals surface area contributed by atoms with Gasteiger partial charge in [0.2, 0.25) is 5.82 Å². The van der Waals surface area contributed by atoms with Crippen LogP contribution in [0.4, 0.5) is 5.82 Å². The zero-order valence-electron chi connectivity index (χ0n) is 11.7. The Morgan fingerprint density at radius 1 is 0.955 bits per heavy atom. The molecule has 0 atom stereocenters. The standard InChI is InChI=1S/C17H14Cl2N3/c18-15-11-16(19)17(20-12-15)22(21-9-5-2-6-10-21)13-14-7-3-1-4-8-14/h1-12H,13H2/q+1. The van der Waals surface area contributed by atoms with Crippen molar-refractivity contribution in [3.8, 4) is 0 Å². The summed E-state index contributed by atoms with van der Waals surface area (Å²) in [4.78, 5) is 4.39. The van der Waals surface area contributed by atoms with E-state index in [9.17, 15) is 0 Å². The first-order valence-electron chi connectivity index (χ1n) is 6.83. The van der Waals surface area contributed by atoms with Gasteiger partial charge in [-0.2, -0.15) is 0 Å². The van der Waals surface area contributed by atoms with Crippen molar-refractivity contribution in [2.24, 2.45) is 0 Å². The average molecular weight is 331 g/mol. The molecule has 3 aromatic rings. The van der Waals surface area contributed by atoms with Gasteiger partial charge in [-0.15, -0.1) is 5.01 Å². The molecule has 2 aromatic heterocycles. The maximum Gasteiger partial charge on any atom is 0.207 e. The lowest BCUT2D eigenvalue weighted by Crippen LogP contribution is -2.53. The minimum Gasteiger partial charge on any atom is -0.231 e. The lowest BCUT2D eigenvalue weighted by atomic mass is 10.2. The van der Waals surface area contributed by atoms with Crippen molar-refractivity contribution >= 4 is 29.0 Å². The summed E-state index contributed by atoms with van der Waals surface area (Å²) in [7, 11) is 0. The SMILES string of the molecule is Clc1cnc(N(Cc2ccccc2)[n+]2ccccc2)c(Cl)c1. The third-order valence-electron chi connectivity index (χ3n) is 3.19. The molecular formula is C17H14Cl2N3+. The van der Waals surface area contributed by atoms with Gasteiger partial charge < -0.3 is 0 Å². The number of aromatic nitrogens is 2. The first kappa shape index (κ1) is 14.8. The molecule has 0 aliphatic carbocycles. The van der Waals surface area contributed by atoms with Gasteiger partial charge in [-0.3, -0.25) is 0 Å². The van der Waals surface area contributed by atoms with E-state index >= 15 is 0 Å². The molecule has 0 fully saturated rings. The van der Waals surface area contributed by atoms with Crippen molar-refractivity contribution in [1.82, 2.24) is 4.98 Å². The van der Waals surface area contributed by atoms with Crippen LogP contribution in [0, 0.1) is 0 Å². The Hall–Kier alpha value is -2.10. The number of pyridine rings is 2. The van der Waals surface area contributed by atoms with Gasteiger partial charge in [0.25, 0.3) is 0 Å². The third kappa shape index (κ3) is 3.38. The minimum atomic E-state index is 0.514. The number of benzene rings is 1. The average Bonchev–Trinajstić information content (AvgIpc) is 2.55. The van der Waals surface area contributed by atoms with Gasteiger partial charge in [0.1, 0.15) is 6.54 Å². The molecule has 1 aromatic carbocycles. The Kier molecular flexibility index (Phi) is 4.56. The molecule has 22 heavy (non-hydrogen) atoms. The second-order valence-corrected chi connectivity index (χ2v) is 5.60. The van der Waals surface area contributed by atoms with E-state index in [4.69, 9.17) is 23.2 Å². The fourth-order valence-electron chi connectivity index (χ4n) is 2.17. The molecule has 0 saturated heterocycles. The Balaban J connectivity index is 2.03. The van der Waals surface area contributed by atoms with E-state index in [2.05, 4.69) is 17.1 Å². The van der Waals surface area contributed by atoms with Crippen LogP contribution < -0.4 is 9.69 Å². The Morgan fingerprint density at radius 2 is 1.64 bits per heavy atom. The van der Waals surface area contributed by atoms with E-state index in [0.29, 0.717) is 22.4 Å². The van der Waals surface area contributed by atoms with Gasteiger partial charge in [0.15, 0.2) is 12.4 Å². The van der Waals surface area contributed by atoms with Crippen LogP contribution in [0.3, 0.4) is 0 Å². The summed E-state index contributed by atoms with van der Waals surface area (Å²) in [6, 6.07) is 17.8. The van der Waals surface area contributed by atoms with Crippen LogP contribution in [0.5, 0.6) is 0 Å². The molecule has 5 heteroatoms. The van der Waals surface area contributed by atoms with E-state index in [1.54, 1.807) is 12.3 Å². The van der Waals surface area contributed by atoms with Crippen LogP contribution in [-0.4, -0.2) is 4.98 Å². The largest absolute Gasteiger partial charge is 0.231 e. The molecule has 0 N–H and O–H groups in total. The number of nitrogens with zero attached hydrogens (tertiary/aromatic N) is 3. The van der Waals surface area contributed by atoms with Crippen LogP contribution in [0.2, 0.25) is 10.0 Å². The van der Waals surface area contributed by atoms with E-state index in [0.717, 1.165) is 5.56 Å². The minimum absolute atomic E-state index is 0.514. The zero-order valence-corrected chi connectivity index (χ0v) is 13.2. The number of hydrogen-bond donors (Lipinski definition) is 0. The monoisotopic (exact) mass is 330 g/mol. The van der Waals surface area contributed by atoms with Crippen molar-refractivity contribution in [3.05, 3.63) is 88.8 Å². The molecule has 0 aliphatic heterocycles. The Morgan fingerprint density at radius 3 is 2.32 bits per heavy atom. The maximum absolute atomic E-state index is 6.34. The van der Waals surface area contributed by atoms with Gasteiger partial charge in [-0.25, -0.2) is 4.98 Å². The fraction of sp³-hybridized carbons (Fsp3) is 0.0588. The van der Waals surface area contributed by atoms with E-state index in [-0.39, 0.29) is 0 Å². The smallest absolute Gasteiger partial charge is 0.207 e. The first-order chi connectivity index (χ1) is 10.7. The molecule has 110 valence electrons. The molecule has 0 bridgehead atoms. The highest BCUT2D eigenvalue weighted by Gasteiger charge is 2.21. The lowest BCUT2D eigenvalue weighted by molar-refractivity contribution is -0.686. The quantitative estimate of drug-likeness (QED) is 0.670. The van der Waals surface area contributed by atoms with Crippen LogP contribution in [0.15, 0.2) is 73.2 Å². The third-order valence-corrected chi connectivity index (χ3v) is 3.67. The lowest BCUT2D eigenvalue weighted by Gasteiger charge is -2.18. The maximum atomic E-state index is 6.34. The summed E-state index contributed by atoms with van der Waals surface area (Å²) in [5.74, 6) is 0.658. The molecule has 3 rings (SSSR count). The summed E-state index contributed by atoms with van der Waals surface area (Å²) < 4.78 is 1.95. The molecule has 0 saturated carbocycles. The zero-order chi connectivity index (χ0) is 15.4. The summed E-state index contributed by atoms with van der Waals surface area (Å²) in [6.45, 7) is 0.643. The fourth-order valence-corrected chi connectivity index (χ4v) is 2.65. The van der Waals surface area contributed by atoms with Gasteiger partial charge in [-0.1, -0.05) is 64.3 Å². The highest BCUT2D eigenvalue weighted by molar-refractivity contribution is 6.35. The number of hydrogen-bond acceptors (Lipinski definition) is 2. The van der Waals surface area contributed by atoms with E-state index in [1.807, 2.05) is 58.5 Å². The number of rotatable bonds is 4. The van der Waals surface area contributed by atoms with Crippen LogP contribution in [0.1, 0.15) is 5.56 Å².